The number of anilines is 1. The van der Waals surface area contributed by atoms with Crippen molar-refractivity contribution in [2.75, 3.05) is 18.6 Å². The highest BCUT2D eigenvalue weighted by Gasteiger charge is 2.24. The zero-order valence-electron chi connectivity index (χ0n) is 18.0. The summed E-state index contributed by atoms with van der Waals surface area (Å²) in [5.41, 5.74) is 5.47. The molecule has 4 aromatic rings. The van der Waals surface area contributed by atoms with E-state index in [2.05, 4.69) is 10.2 Å². The van der Waals surface area contributed by atoms with Crippen molar-refractivity contribution in [1.29, 1.82) is 0 Å². The molecule has 3 aromatic carbocycles. The van der Waals surface area contributed by atoms with Crippen LogP contribution >= 0.6 is 0 Å². The van der Waals surface area contributed by atoms with E-state index in [0.717, 1.165) is 46.5 Å². The van der Waals surface area contributed by atoms with Crippen LogP contribution in [0, 0.1) is 6.92 Å². The molecule has 1 aliphatic rings. The van der Waals surface area contributed by atoms with Gasteiger partial charge in [0, 0.05) is 28.9 Å². The van der Waals surface area contributed by atoms with Crippen molar-refractivity contribution >= 4 is 11.6 Å². The van der Waals surface area contributed by atoms with Crippen molar-refractivity contribution in [1.82, 2.24) is 10.2 Å². The molecule has 32 heavy (non-hydrogen) atoms. The fraction of sp³-hybridized carbons (Fsp3) is 0.192. The zero-order chi connectivity index (χ0) is 22.1. The number of nitrogens with zero attached hydrogens (tertiary/aromatic N) is 3. The van der Waals surface area contributed by atoms with Gasteiger partial charge in [0.15, 0.2) is 0 Å². The SMILES string of the molecule is COc1ccc2c(c1)CCCN2C(=O)c1ccc(-c2nnc(-c3ccccc3C)o2)cc1. The number of hydrogen-bond donors (Lipinski definition) is 0. The van der Waals surface area contributed by atoms with E-state index in [0.29, 0.717) is 23.9 Å². The normalized spacial score (nSPS) is 13.0. The molecule has 160 valence electrons. The van der Waals surface area contributed by atoms with Crippen LogP contribution in [0.1, 0.15) is 27.9 Å². The first-order valence-electron chi connectivity index (χ1n) is 10.6. The van der Waals surface area contributed by atoms with Crippen LogP contribution in [0.25, 0.3) is 22.9 Å². The molecule has 0 atom stereocenters. The molecule has 0 saturated carbocycles. The highest BCUT2D eigenvalue weighted by Crippen LogP contribution is 2.32. The summed E-state index contributed by atoms with van der Waals surface area (Å²) < 4.78 is 11.2. The van der Waals surface area contributed by atoms with Crippen LogP contribution in [0.4, 0.5) is 5.69 Å². The molecular formula is C26H23N3O3. The van der Waals surface area contributed by atoms with Gasteiger partial charge in [0.1, 0.15) is 5.75 Å². The minimum absolute atomic E-state index is 0.0196. The van der Waals surface area contributed by atoms with Gasteiger partial charge >= 0.3 is 0 Å². The standard InChI is InChI=1S/C26H23N3O3/c1-17-6-3-4-8-22(17)25-28-27-24(32-25)18-9-11-19(12-10-18)26(30)29-15-5-7-20-16-21(31-2)13-14-23(20)29/h3-4,6,8-14,16H,5,7,15H2,1-2H3. The number of amides is 1. The second kappa shape index (κ2) is 8.30. The van der Waals surface area contributed by atoms with Crippen molar-refractivity contribution < 1.29 is 13.9 Å². The van der Waals surface area contributed by atoms with Gasteiger partial charge in [0.05, 0.1) is 7.11 Å². The number of aryl methyl sites for hydroxylation is 2. The topological polar surface area (TPSA) is 68.5 Å². The molecule has 0 N–H and O–H groups in total. The minimum Gasteiger partial charge on any atom is -0.497 e. The Hall–Kier alpha value is -3.93. The van der Waals surface area contributed by atoms with Gasteiger partial charge in [-0.25, -0.2) is 0 Å². The fourth-order valence-corrected chi connectivity index (χ4v) is 4.08. The summed E-state index contributed by atoms with van der Waals surface area (Å²) in [6.45, 7) is 2.71. The lowest BCUT2D eigenvalue weighted by atomic mass is 10.00. The Morgan fingerprint density at radius 1 is 1.00 bits per heavy atom. The van der Waals surface area contributed by atoms with Gasteiger partial charge in [0.2, 0.25) is 11.8 Å². The van der Waals surface area contributed by atoms with Crippen molar-refractivity contribution in [3.8, 4) is 28.7 Å². The third kappa shape index (κ3) is 3.64. The van der Waals surface area contributed by atoms with E-state index in [1.165, 1.54) is 0 Å². The van der Waals surface area contributed by atoms with Crippen LogP contribution < -0.4 is 9.64 Å². The van der Waals surface area contributed by atoms with Gasteiger partial charge in [-0.1, -0.05) is 18.2 Å². The summed E-state index contributed by atoms with van der Waals surface area (Å²) in [5, 5.41) is 8.38. The highest BCUT2D eigenvalue weighted by molar-refractivity contribution is 6.07. The maximum absolute atomic E-state index is 13.2. The number of benzene rings is 3. The predicted molar refractivity (Wildman–Crippen MR) is 123 cm³/mol. The summed E-state index contributed by atoms with van der Waals surface area (Å²) in [5.74, 6) is 1.71. The number of rotatable bonds is 4. The number of aromatic nitrogens is 2. The average molecular weight is 425 g/mol. The number of carbonyl (C=O) groups is 1. The first kappa shape index (κ1) is 20.0. The highest BCUT2D eigenvalue weighted by atomic mass is 16.5. The van der Waals surface area contributed by atoms with E-state index < -0.39 is 0 Å². The first-order valence-corrected chi connectivity index (χ1v) is 10.6. The Kier molecular flexibility index (Phi) is 5.19. The molecule has 1 aliphatic heterocycles. The van der Waals surface area contributed by atoms with Crippen molar-refractivity contribution in [2.24, 2.45) is 0 Å². The molecule has 0 saturated heterocycles. The monoisotopic (exact) mass is 425 g/mol. The predicted octanol–water partition coefficient (Wildman–Crippen LogP) is 5.31. The number of hydrogen-bond acceptors (Lipinski definition) is 5. The second-order valence-corrected chi connectivity index (χ2v) is 7.86. The van der Waals surface area contributed by atoms with Crippen LogP contribution in [0.15, 0.2) is 71.1 Å². The molecule has 0 spiro atoms. The van der Waals surface area contributed by atoms with Crippen LogP contribution in [-0.2, 0) is 6.42 Å². The fourth-order valence-electron chi connectivity index (χ4n) is 4.08. The summed E-state index contributed by atoms with van der Waals surface area (Å²) >= 11 is 0. The number of ether oxygens (including phenoxy) is 1. The van der Waals surface area contributed by atoms with Crippen LogP contribution in [0.5, 0.6) is 5.75 Å². The summed E-state index contributed by atoms with van der Waals surface area (Å²) in [4.78, 5) is 15.1. The van der Waals surface area contributed by atoms with E-state index >= 15 is 0 Å². The number of methoxy groups -OCH3 is 1. The molecule has 0 aliphatic carbocycles. The van der Waals surface area contributed by atoms with E-state index in [1.54, 1.807) is 7.11 Å². The molecule has 1 aromatic heterocycles. The molecule has 5 rings (SSSR count). The largest absolute Gasteiger partial charge is 0.497 e. The first-order chi connectivity index (χ1) is 15.6. The molecule has 0 radical (unpaired) electrons. The van der Waals surface area contributed by atoms with Gasteiger partial charge in [0.25, 0.3) is 5.91 Å². The minimum atomic E-state index is -0.0196. The number of carbonyl (C=O) groups excluding carboxylic acids is 1. The van der Waals surface area contributed by atoms with Gasteiger partial charge in [-0.15, -0.1) is 10.2 Å². The number of fused-ring (bicyclic) bond motifs is 1. The van der Waals surface area contributed by atoms with Crippen molar-refractivity contribution in [3.05, 3.63) is 83.4 Å². The van der Waals surface area contributed by atoms with Crippen LogP contribution in [0.2, 0.25) is 0 Å². The molecule has 2 heterocycles. The molecule has 0 fully saturated rings. The molecular weight excluding hydrogens is 402 g/mol. The lowest BCUT2D eigenvalue weighted by Gasteiger charge is -2.30. The van der Waals surface area contributed by atoms with Crippen LogP contribution in [0.3, 0.4) is 0 Å². The Morgan fingerprint density at radius 3 is 2.56 bits per heavy atom. The lowest BCUT2D eigenvalue weighted by Crippen LogP contribution is -2.35. The second-order valence-electron chi connectivity index (χ2n) is 7.86. The Bertz CT molecular complexity index is 1280. The van der Waals surface area contributed by atoms with Gasteiger partial charge in [-0.05, 0) is 79.4 Å². The van der Waals surface area contributed by atoms with Crippen molar-refractivity contribution in [3.63, 3.8) is 0 Å². The van der Waals surface area contributed by atoms with E-state index in [-0.39, 0.29) is 5.91 Å². The molecule has 6 heteroatoms. The Labute approximate surface area is 186 Å². The molecule has 6 nitrogen and oxygen atoms in total. The summed E-state index contributed by atoms with van der Waals surface area (Å²) in [6.07, 6.45) is 1.86. The molecule has 0 unspecified atom stereocenters. The quantitative estimate of drug-likeness (QED) is 0.443. The third-order valence-electron chi connectivity index (χ3n) is 5.83. The summed E-state index contributed by atoms with van der Waals surface area (Å²) in [7, 11) is 1.66. The average Bonchev–Trinajstić information content (AvgIpc) is 3.33. The van der Waals surface area contributed by atoms with Gasteiger partial charge in [-0.2, -0.15) is 0 Å². The third-order valence-corrected chi connectivity index (χ3v) is 5.83. The van der Waals surface area contributed by atoms with Gasteiger partial charge < -0.3 is 14.1 Å². The van der Waals surface area contributed by atoms with E-state index in [4.69, 9.17) is 9.15 Å². The Morgan fingerprint density at radius 2 is 1.78 bits per heavy atom. The smallest absolute Gasteiger partial charge is 0.258 e. The van der Waals surface area contributed by atoms with Crippen molar-refractivity contribution in [2.45, 2.75) is 19.8 Å². The van der Waals surface area contributed by atoms with E-state index in [9.17, 15) is 4.79 Å². The maximum atomic E-state index is 13.2. The zero-order valence-corrected chi connectivity index (χ0v) is 18.0. The molecule has 1 amide bonds. The lowest BCUT2D eigenvalue weighted by molar-refractivity contribution is 0.0985. The molecule has 0 bridgehead atoms. The van der Waals surface area contributed by atoms with Gasteiger partial charge in [-0.3, -0.25) is 4.79 Å². The van der Waals surface area contributed by atoms with E-state index in [1.807, 2.05) is 78.6 Å². The summed E-state index contributed by atoms with van der Waals surface area (Å²) in [6, 6.07) is 21.1. The van der Waals surface area contributed by atoms with Crippen LogP contribution in [-0.4, -0.2) is 29.8 Å². The maximum Gasteiger partial charge on any atom is 0.258 e. The Balaban J connectivity index is 1.38.